The van der Waals surface area contributed by atoms with E-state index in [1.807, 2.05) is 0 Å². The number of carboxylic acid groups (broad SMARTS) is 2. The number of aliphatic hydroxyl groups is 2. The number of rotatable bonds is 21. The first-order chi connectivity index (χ1) is 13.4. The highest BCUT2D eigenvalue weighted by Gasteiger charge is 2.06. The Bertz CT molecular complexity index is 349. The van der Waals surface area contributed by atoms with Gasteiger partial charge in [-0.1, -0.05) is 64.2 Å². The molecular weight excluding hydrogens is 360 g/mol. The second-order valence-corrected chi connectivity index (χ2v) is 7.99. The average molecular weight is 403 g/mol. The lowest BCUT2D eigenvalue weighted by molar-refractivity contribution is -0.138. The van der Waals surface area contributed by atoms with Crippen molar-refractivity contribution in [1.82, 2.24) is 0 Å². The van der Waals surface area contributed by atoms with Gasteiger partial charge in [0.1, 0.15) is 0 Å². The number of carbonyl (C=O) groups is 2. The molecule has 0 saturated carbocycles. The van der Waals surface area contributed by atoms with E-state index in [-0.39, 0.29) is 25.0 Å². The van der Waals surface area contributed by atoms with Crippen LogP contribution in [0.3, 0.4) is 0 Å². The monoisotopic (exact) mass is 402 g/mol. The molecule has 6 heteroatoms. The highest BCUT2D eigenvalue weighted by atomic mass is 16.4. The van der Waals surface area contributed by atoms with E-state index in [1.165, 1.54) is 0 Å². The molecule has 0 aliphatic heterocycles. The molecule has 0 aliphatic carbocycles. The van der Waals surface area contributed by atoms with Gasteiger partial charge in [0, 0.05) is 12.8 Å². The van der Waals surface area contributed by atoms with Crippen molar-refractivity contribution in [3.05, 3.63) is 0 Å². The summed E-state index contributed by atoms with van der Waals surface area (Å²) in [6, 6.07) is 0. The molecule has 0 aromatic carbocycles. The summed E-state index contributed by atoms with van der Waals surface area (Å²) in [6.07, 6.45) is 14.7. The summed E-state index contributed by atoms with van der Waals surface area (Å²) in [6.45, 7) is 0. The van der Waals surface area contributed by atoms with Crippen LogP contribution in [0.4, 0.5) is 0 Å². The summed E-state index contributed by atoms with van der Waals surface area (Å²) in [4.78, 5) is 20.8. The van der Waals surface area contributed by atoms with E-state index in [1.54, 1.807) is 0 Å². The van der Waals surface area contributed by atoms with Gasteiger partial charge in [-0.2, -0.15) is 0 Å². The van der Waals surface area contributed by atoms with Gasteiger partial charge in [-0.25, -0.2) is 0 Å². The molecular formula is C22H42O6. The van der Waals surface area contributed by atoms with Crippen LogP contribution in [0.1, 0.15) is 116 Å². The smallest absolute Gasteiger partial charge is 0.303 e. The molecule has 0 aliphatic rings. The largest absolute Gasteiger partial charge is 0.481 e. The molecule has 0 aromatic rings. The molecule has 0 aromatic heterocycles. The summed E-state index contributed by atoms with van der Waals surface area (Å²) >= 11 is 0. The zero-order chi connectivity index (χ0) is 21.0. The second-order valence-electron chi connectivity index (χ2n) is 7.99. The quantitative estimate of drug-likeness (QED) is 0.203. The number of unbranched alkanes of at least 4 members (excludes halogenated alkanes) is 9. The first-order valence-corrected chi connectivity index (χ1v) is 11.2. The van der Waals surface area contributed by atoms with Gasteiger partial charge in [-0.3, -0.25) is 9.59 Å². The Morgan fingerprint density at radius 1 is 0.464 bits per heavy atom. The molecule has 4 N–H and O–H groups in total. The molecule has 6 nitrogen and oxygen atoms in total. The minimum absolute atomic E-state index is 0.222. The highest BCUT2D eigenvalue weighted by Crippen LogP contribution is 2.15. The van der Waals surface area contributed by atoms with Crippen molar-refractivity contribution in [3.8, 4) is 0 Å². The molecule has 2 unspecified atom stereocenters. The summed E-state index contributed by atoms with van der Waals surface area (Å²) in [5.74, 6) is -1.49. The van der Waals surface area contributed by atoms with Gasteiger partial charge in [-0.15, -0.1) is 0 Å². The molecule has 0 rings (SSSR count). The van der Waals surface area contributed by atoms with Gasteiger partial charge in [0.05, 0.1) is 12.2 Å². The standard InChI is InChI=1S/C22H42O6/c23-19(15-9-5-11-17-21(25)26)13-7-3-1-2-4-8-14-20(24)16-10-6-12-18-22(27)28/h19-20,23-24H,1-18H2,(H,25,26)(H,27,28). The molecule has 0 bridgehead atoms. The van der Waals surface area contributed by atoms with Gasteiger partial charge >= 0.3 is 11.9 Å². The maximum absolute atomic E-state index is 10.4. The minimum Gasteiger partial charge on any atom is -0.481 e. The van der Waals surface area contributed by atoms with Crippen LogP contribution in [0.2, 0.25) is 0 Å². The highest BCUT2D eigenvalue weighted by molar-refractivity contribution is 5.66. The molecule has 166 valence electrons. The van der Waals surface area contributed by atoms with E-state index < -0.39 is 11.9 Å². The normalized spacial score (nSPS) is 13.4. The summed E-state index contributed by atoms with van der Waals surface area (Å²) < 4.78 is 0. The first kappa shape index (κ1) is 26.9. The Labute approximate surface area is 170 Å². The fourth-order valence-corrected chi connectivity index (χ4v) is 3.42. The minimum atomic E-state index is -0.747. The zero-order valence-electron chi connectivity index (χ0n) is 17.5. The average Bonchev–Trinajstić information content (AvgIpc) is 2.62. The second kappa shape index (κ2) is 19.2. The van der Waals surface area contributed by atoms with Crippen LogP contribution in [0.5, 0.6) is 0 Å². The number of aliphatic hydroxyl groups excluding tert-OH is 2. The fourth-order valence-electron chi connectivity index (χ4n) is 3.42. The SMILES string of the molecule is O=C(O)CCCCCC(O)CCCCCCCCC(O)CCCCCC(=O)O. The van der Waals surface area contributed by atoms with E-state index in [0.29, 0.717) is 12.8 Å². The number of hydrogen-bond acceptors (Lipinski definition) is 4. The molecule has 0 amide bonds. The number of aliphatic carboxylic acids is 2. The third-order valence-corrected chi connectivity index (χ3v) is 5.18. The molecule has 0 heterocycles. The topological polar surface area (TPSA) is 115 Å². The van der Waals surface area contributed by atoms with E-state index >= 15 is 0 Å². The van der Waals surface area contributed by atoms with Crippen LogP contribution in [0.15, 0.2) is 0 Å². The number of hydrogen-bond donors (Lipinski definition) is 4. The van der Waals surface area contributed by atoms with Crippen LogP contribution in [0.25, 0.3) is 0 Å². The van der Waals surface area contributed by atoms with Gasteiger partial charge in [-0.05, 0) is 38.5 Å². The predicted molar refractivity (Wildman–Crippen MR) is 110 cm³/mol. The van der Waals surface area contributed by atoms with Crippen molar-refractivity contribution < 1.29 is 30.0 Å². The van der Waals surface area contributed by atoms with E-state index in [2.05, 4.69) is 0 Å². The van der Waals surface area contributed by atoms with Gasteiger partial charge in [0.2, 0.25) is 0 Å². The van der Waals surface area contributed by atoms with Crippen LogP contribution in [-0.4, -0.2) is 44.6 Å². The molecule has 0 radical (unpaired) electrons. The van der Waals surface area contributed by atoms with Gasteiger partial charge in [0.15, 0.2) is 0 Å². The molecule has 0 saturated heterocycles. The molecule has 0 spiro atoms. The third-order valence-electron chi connectivity index (χ3n) is 5.18. The van der Waals surface area contributed by atoms with Crippen LogP contribution < -0.4 is 0 Å². The summed E-state index contributed by atoms with van der Waals surface area (Å²) in [5, 5.41) is 37.0. The Morgan fingerprint density at radius 2 is 0.714 bits per heavy atom. The van der Waals surface area contributed by atoms with Crippen LogP contribution in [-0.2, 0) is 9.59 Å². The maximum Gasteiger partial charge on any atom is 0.303 e. The van der Waals surface area contributed by atoms with Crippen molar-refractivity contribution in [1.29, 1.82) is 0 Å². The van der Waals surface area contributed by atoms with Gasteiger partial charge in [0.25, 0.3) is 0 Å². The van der Waals surface area contributed by atoms with Crippen molar-refractivity contribution in [2.24, 2.45) is 0 Å². The van der Waals surface area contributed by atoms with Crippen molar-refractivity contribution in [2.75, 3.05) is 0 Å². The summed E-state index contributed by atoms with van der Waals surface area (Å²) in [7, 11) is 0. The molecule has 28 heavy (non-hydrogen) atoms. The Hall–Kier alpha value is -1.14. The lowest BCUT2D eigenvalue weighted by Gasteiger charge is -2.11. The molecule has 0 fully saturated rings. The Balaban J connectivity index is 3.29. The third kappa shape index (κ3) is 21.2. The number of carboxylic acids is 2. The Morgan fingerprint density at radius 3 is 1.00 bits per heavy atom. The van der Waals surface area contributed by atoms with Crippen LogP contribution >= 0.6 is 0 Å². The van der Waals surface area contributed by atoms with Gasteiger partial charge < -0.3 is 20.4 Å². The van der Waals surface area contributed by atoms with E-state index in [4.69, 9.17) is 10.2 Å². The lowest BCUT2D eigenvalue weighted by Crippen LogP contribution is -2.06. The van der Waals surface area contributed by atoms with Crippen LogP contribution in [0, 0.1) is 0 Å². The van der Waals surface area contributed by atoms with Crippen molar-refractivity contribution in [3.63, 3.8) is 0 Å². The predicted octanol–water partition coefficient (Wildman–Crippen LogP) is 4.90. The molecule has 2 atom stereocenters. The Kier molecular flexibility index (Phi) is 18.4. The first-order valence-electron chi connectivity index (χ1n) is 11.2. The maximum atomic E-state index is 10.4. The fraction of sp³-hybridized carbons (Fsp3) is 0.909. The lowest BCUT2D eigenvalue weighted by atomic mass is 10.0. The van der Waals surface area contributed by atoms with E-state index in [9.17, 15) is 19.8 Å². The van der Waals surface area contributed by atoms with Crippen molar-refractivity contribution in [2.45, 2.75) is 128 Å². The summed E-state index contributed by atoms with van der Waals surface area (Å²) in [5.41, 5.74) is 0. The zero-order valence-corrected chi connectivity index (χ0v) is 17.5. The van der Waals surface area contributed by atoms with Crippen molar-refractivity contribution >= 4 is 11.9 Å². The van der Waals surface area contributed by atoms with E-state index in [0.717, 1.165) is 89.9 Å².